The van der Waals surface area contributed by atoms with E-state index in [2.05, 4.69) is 10.3 Å². The summed E-state index contributed by atoms with van der Waals surface area (Å²) in [7, 11) is 1.38. The van der Waals surface area contributed by atoms with Crippen LogP contribution in [0.2, 0.25) is 0 Å². The number of hydrogen-bond donors (Lipinski definition) is 1. The number of ether oxygens (including phenoxy) is 1. The molecule has 1 N–H and O–H groups in total. The Morgan fingerprint density at radius 1 is 1.26 bits per heavy atom. The van der Waals surface area contributed by atoms with Crippen molar-refractivity contribution in [1.29, 1.82) is 0 Å². The summed E-state index contributed by atoms with van der Waals surface area (Å²) in [6.07, 6.45) is 10.5. The molecule has 1 fully saturated rings. The average Bonchev–Trinajstić information content (AvgIpc) is 2.93. The summed E-state index contributed by atoms with van der Waals surface area (Å²) in [4.78, 5) is 27.6. The summed E-state index contributed by atoms with van der Waals surface area (Å²) in [5.74, 6) is -0.156. The number of carbonyl (C=O) groups is 2. The Bertz CT molecular complexity index is 572. The lowest BCUT2D eigenvalue weighted by Crippen LogP contribution is -2.09. The van der Waals surface area contributed by atoms with Gasteiger partial charge in [-0.05, 0) is 18.8 Å². The van der Waals surface area contributed by atoms with E-state index in [1.165, 1.54) is 57.5 Å². The number of methoxy groups -OCH3 is 1. The zero-order valence-electron chi connectivity index (χ0n) is 13.8. The van der Waals surface area contributed by atoms with Crippen molar-refractivity contribution in [3.63, 3.8) is 0 Å². The van der Waals surface area contributed by atoms with E-state index in [9.17, 15) is 9.59 Å². The molecule has 0 atom stereocenters. The van der Waals surface area contributed by atoms with Crippen LogP contribution in [0.15, 0.2) is 11.5 Å². The number of thiazole rings is 1. The number of esters is 1. The van der Waals surface area contributed by atoms with E-state index in [-0.39, 0.29) is 11.9 Å². The Morgan fingerprint density at radius 3 is 2.52 bits per heavy atom. The van der Waals surface area contributed by atoms with E-state index < -0.39 is 0 Å². The van der Waals surface area contributed by atoms with E-state index in [4.69, 9.17) is 4.74 Å². The molecule has 1 aromatic heterocycles. The normalized spacial score (nSPS) is 17.2. The largest absolute Gasteiger partial charge is 0.465 e. The Morgan fingerprint density at radius 2 is 1.91 bits per heavy atom. The first kappa shape index (κ1) is 17.7. The predicted molar refractivity (Wildman–Crippen MR) is 92.2 cm³/mol. The van der Waals surface area contributed by atoms with Crippen molar-refractivity contribution in [1.82, 2.24) is 4.98 Å². The number of amides is 1. The summed E-state index contributed by atoms with van der Waals surface area (Å²) in [5.41, 5.74) is 1.08. The molecule has 0 bridgehead atoms. The molecule has 23 heavy (non-hydrogen) atoms. The number of nitrogens with zero attached hydrogens (tertiary/aromatic N) is 1. The molecule has 0 aromatic carbocycles. The van der Waals surface area contributed by atoms with E-state index >= 15 is 0 Å². The van der Waals surface area contributed by atoms with E-state index in [1.54, 1.807) is 5.38 Å². The number of aromatic nitrogens is 1. The minimum absolute atomic E-state index is 0.172. The molecule has 5 nitrogen and oxygen atoms in total. The van der Waals surface area contributed by atoms with Crippen LogP contribution in [0.25, 0.3) is 5.57 Å². The Kier molecular flexibility index (Phi) is 6.77. The Labute approximate surface area is 141 Å². The molecule has 0 radical (unpaired) electrons. The summed E-state index contributed by atoms with van der Waals surface area (Å²) < 4.78 is 4.92. The van der Waals surface area contributed by atoms with Crippen LogP contribution in [0.1, 0.15) is 57.6 Å². The summed E-state index contributed by atoms with van der Waals surface area (Å²) in [5, 5.41) is 4.94. The highest BCUT2D eigenvalue weighted by Gasteiger charge is 2.19. The number of rotatable bonds is 4. The molecular weight excluding hydrogens is 312 g/mol. The van der Waals surface area contributed by atoms with Gasteiger partial charge in [0.2, 0.25) is 5.91 Å². The zero-order chi connectivity index (χ0) is 16.7. The summed E-state index contributed by atoms with van der Waals surface area (Å²) in [6.45, 7) is 1.44. The zero-order valence-corrected chi connectivity index (χ0v) is 14.6. The van der Waals surface area contributed by atoms with Crippen molar-refractivity contribution in [3.8, 4) is 0 Å². The highest BCUT2D eigenvalue weighted by Crippen LogP contribution is 2.29. The second-order valence-electron chi connectivity index (χ2n) is 5.90. The molecule has 1 amide bonds. The van der Waals surface area contributed by atoms with Crippen LogP contribution in [0.4, 0.5) is 5.13 Å². The van der Waals surface area contributed by atoms with Gasteiger partial charge in [0.15, 0.2) is 5.13 Å². The predicted octanol–water partition coefficient (Wildman–Crippen LogP) is 4.02. The number of carbonyl (C=O) groups excluding carboxylic acids is 2. The molecule has 1 heterocycles. The fourth-order valence-electron chi connectivity index (χ4n) is 2.86. The SMILES string of the molecule is COC(=O)/C(=C\C1CCCCCCC1)c1csc(NC(C)=O)n1. The number of hydrogen-bond acceptors (Lipinski definition) is 5. The van der Waals surface area contributed by atoms with Gasteiger partial charge in [0.25, 0.3) is 0 Å². The number of nitrogens with one attached hydrogen (secondary N) is 1. The van der Waals surface area contributed by atoms with E-state index in [1.807, 2.05) is 6.08 Å². The maximum Gasteiger partial charge on any atom is 0.339 e. The molecule has 2 rings (SSSR count). The molecule has 1 aliphatic carbocycles. The van der Waals surface area contributed by atoms with Crippen LogP contribution in [-0.4, -0.2) is 24.0 Å². The van der Waals surface area contributed by atoms with E-state index in [0.717, 1.165) is 12.8 Å². The van der Waals surface area contributed by atoms with Crippen LogP contribution in [0.5, 0.6) is 0 Å². The highest BCUT2D eigenvalue weighted by atomic mass is 32.1. The third-order valence-electron chi connectivity index (χ3n) is 4.02. The smallest absolute Gasteiger partial charge is 0.339 e. The molecule has 126 valence electrons. The van der Waals surface area contributed by atoms with Crippen molar-refractivity contribution in [3.05, 3.63) is 17.2 Å². The van der Waals surface area contributed by atoms with E-state index in [0.29, 0.717) is 22.3 Å². The second kappa shape index (κ2) is 8.82. The first-order chi connectivity index (χ1) is 11.1. The lowest BCUT2D eigenvalue weighted by Gasteiger charge is -2.17. The van der Waals surface area contributed by atoms with Gasteiger partial charge in [-0.2, -0.15) is 0 Å². The maximum atomic E-state index is 12.2. The molecule has 0 saturated heterocycles. The van der Waals surface area contributed by atoms with Crippen molar-refractivity contribution < 1.29 is 14.3 Å². The molecule has 1 aromatic rings. The highest BCUT2D eigenvalue weighted by molar-refractivity contribution is 7.14. The Balaban J connectivity index is 2.21. The lowest BCUT2D eigenvalue weighted by atomic mass is 9.89. The van der Waals surface area contributed by atoms with Gasteiger partial charge in [0.05, 0.1) is 18.4 Å². The van der Waals surface area contributed by atoms with Crippen molar-refractivity contribution >= 4 is 33.9 Å². The van der Waals surface area contributed by atoms with Gasteiger partial charge in [0, 0.05) is 12.3 Å². The molecule has 0 aliphatic heterocycles. The second-order valence-corrected chi connectivity index (χ2v) is 6.75. The molecular formula is C17H24N2O3S. The topological polar surface area (TPSA) is 68.3 Å². The molecule has 0 unspecified atom stereocenters. The summed E-state index contributed by atoms with van der Waals surface area (Å²) in [6, 6.07) is 0. The third kappa shape index (κ3) is 5.46. The molecule has 0 spiro atoms. The van der Waals surface area contributed by atoms with Crippen molar-refractivity contribution in [2.75, 3.05) is 12.4 Å². The van der Waals surface area contributed by atoms with Crippen molar-refractivity contribution in [2.24, 2.45) is 5.92 Å². The third-order valence-corrected chi connectivity index (χ3v) is 4.78. The maximum absolute atomic E-state index is 12.2. The number of allylic oxidation sites excluding steroid dienone is 1. The minimum Gasteiger partial charge on any atom is -0.465 e. The number of anilines is 1. The Hall–Kier alpha value is -1.69. The monoisotopic (exact) mass is 336 g/mol. The van der Waals surface area contributed by atoms with Crippen LogP contribution in [0, 0.1) is 5.92 Å². The molecule has 6 heteroatoms. The fourth-order valence-corrected chi connectivity index (χ4v) is 3.62. The fraction of sp³-hybridized carbons (Fsp3) is 0.588. The van der Waals surface area contributed by atoms with Crippen molar-refractivity contribution in [2.45, 2.75) is 51.9 Å². The van der Waals surface area contributed by atoms with Gasteiger partial charge in [-0.1, -0.05) is 38.2 Å². The van der Waals surface area contributed by atoms with Crippen LogP contribution in [-0.2, 0) is 14.3 Å². The minimum atomic E-state index is -0.369. The van der Waals surface area contributed by atoms with Crippen LogP contribution < -0.4 is 5.32 Å². The first-order valence-electron chi connectivity index (χ1n) is 8.13. The average molecular weight is 336 g/mol. The standard InChI is InChI=1S/C17H24N2O3S/c1-12(20)18-17-19-15(11-23-17)14(16(21)22-2)10-13-8-6-4-3-5-7-9-13/h10-11,13H,3-9H2,1-2H3,(H,18,19,20)/b14-10-. The molecule has 1 aliphatic rings. The van der Waals surface area contributed by atoms with Crippen LogP contribution in [0.3, 0.4) is 0 Å². The van der Waals surface area contributed by atoms with Gasteiger partial charge in [-0.15, -0.1) is 11.3 Å². The van der Waals surface area contributed by atoms with Gasteiger partial charge >= 0.3 is 5.97 Å². The van der Waals surface area contributed by atoms with Gasteiger partial charge in [-0.3, -0.25) is 4.79 Å². The summed E-state index contributed by atoms with van der Waals surface area (Å²) >= 11 is 1.31. The van der Waals surface area contributed by atoms with Gasteiger partial charge in [0.1, 0.15) is 0 Å². The lowest BCUT2D eigenvalue weighted by molar-refractivity contribution is -0.133. The quantitative estimate of drug-likeness (QED) is 0.666. The van der Waals surface area contributed by atoms with Gasteiger partial charge in [-0.25, -0.2) is 9.78 Å². The van der Waals surface area contributed by atoms with Crippen LogP contribution >= 0.6 is 11.3 Å². The van der Waals surface area contributed by atoms with Gasteiger partial charge < -0.3 is 10.1 Å². The first-order valence-corrected chi connectivity index (χ1v) is 9.01. The molecule has 1 saturated carbocycles.